The highest BCUT2D eigenvalue weighted by atomic mass is 127. The van der Waals surface area contributed by atoms with Crippen molar-refractivity contribution in [3.8, 4) is 17.2 Å². The van der Waals surface area contributed by atoms with Crippen molar-refractivity contribution >= 4 is 34.7 Å². The van der Waals surface area contributed by atoms with Gasteiger partial charge in [0.2, 0.25) is 0 Å². The van der Waals surface area contributed by atoms with Crippen LogP contribution in [0.3, 0.4) is 0 Å². The quantitative estimate of drug-likeness (QED) is 0.347. The van der Waals surface area contributed by atoms with E-state index in [2.05, 4.69) is 33.1 Å². The van der Waals surface area contributed by atoms with Gasteiger partial charge in [-0.15, -0.1) is 0 Å². The zero-order valence-electron chi connectivity index (χ0n) is 15.8. The van der Waals surface area contributed by atoms with E-state index < -0.39 is 0 Å². The van der Waals surface area contributed by atoms with Gasteiger partial charge in [0, 0.05) is 5.56 Å². The molecule has 0 unspecified atom stereocenters. The van der Waals surface area contributed by atoms with Crippen molar-refractivity contribution in [3.05, 3.63) is 51.1 Å². The summed E-state index contributed by atoms with van der Waals surface area (Å²) in [6, 6.07) is 10.6. The van der Waals surface area contributed by atoms with Crippen molar-refractivity contribution in [2.45, 2.75) is 26.9 Å². The largest absolute Gasteiger partial charge is 0.494 e. The summed E-state index contributed by atoms with van der Waals surface area (Å²) in [5.41, 5.74) is 3.81. The standard InChI is InChI=1S/C20H23IN2O4/c1-5-26-16-8-6-15(7-9-16)20(24)23-22-12-14-10-17(21)19(27-13(2)3)18(11-14)25-4/h6-13H,5H2,1-4H3,(H,23,24)/b22-12+. The number of benzene rings is 2. The molecular formula is C20H23IN2O4. The van der Waals surface area contributed by atoms with Crippen molar-refractivity contribution in [3.63, 3.8) is 0 Å². The number of carbonyl (C=O) groups excluding carboxylic acids is 1. The Bertz CT molecular complexity index is 804. The van der Waals surface area contributed by atoms with Crippen LogP contribution in [0, 0.1) is 3.57 Å². The second-order valence-corrected chi connectivity index (χ2v) is 7.02. The molecule has 0 spiro atoms. The van der Waals surface area contributed by atoms with E-state index in [1.165, 1.54) is 0 Å². The fourth-order valence-corrected chi connectivity index (χ4v) is 3.02. The maximum Gasteiger partial charge on any atom is 0.271 e. The van der Waals surface area contributed by atoms with Gasteiger partial charge in [0.25, 0.3) is 5.91 Å². The van der Waals surface area contributed by atoms with Crippen LogP contribution in [0.25, 0.3) is 0 Å². The topological polar surface area (TPSA) is 69.2 Å². The van der Waals surface area contributed by atoms with Gasteiger partial charge in [0.15, 0.2) is 11.5 Å². The molecular weight excluding hydrogens is 459 g/mol. The molecule has 0 radical (unpaired) electrons. The minimum Gasteiger partial charge on any atom is -0.494 e. The van der Waals surface area contributed by atoms with E-state index in [9.17, 15) is 4.79 Å². The summed E-state index contributed by atoms with van der Waals surface area (Å²) < 4.78 is 17.5. The number of nitrogens with one attached hydrogen (secondary N) is 1. The molecule has 0 aliphatic carbocycles. The number of amides is 1. The van der Waals surface area contributed by atoms with E-state index in [-0.39, 0.29) is 12.0 Å². The van der Waals surface area contributed by atoms with Crippen LogP contribution in [0.4, 0.5) is 0 Å². The molecule has 0 bridgehead atoms. The Balaban J connectivity index is 2.06. The first kappa shape index (κ1) is 21.0. The molecule has 27 heavy (non-hydrogen) atoms. The van der Waals surface area contributed by atoms with Crippen molar-refractivity contribution in [2.24, 2.45) is 5.10 Å². The molecule has 144 valence electrons. The van der Waals surface area contributed by atoms with E-state index in [1.54, 1.807) is 37.6 Å². The first-order valence-electron chi connectivity index (χ1n) is 8.55. The molecule has 0 saturated heterocycles. The average molecular weight is 482 g/mol. The minimum atomic E-state index is -0.296. The molecule has 1 amide bonds. The fourth-order valence-electron chi connectivity index (χ4n) is 2.26. The highest BCUT2D eigenvalue weighted by Gasteiger charge is 2.12. The molecule has 2 rings (SSSR count). The van der Waals surface area contributed by atoms with Gasteiger partial charge >= 0.3 is 0 Å². The monoisotopic (exact) mass is 482 g/mol. The molecule has 6 nitrogen and oxygen atoms in total. The number of carbonyl (C=O) groups is 1. The van der Waals surface area contributed by atoms with Crippen molar-refractivity contribution in [1.29, 1.82) is 0 Å². The van der Waals surface area contributed by atoms with Gasteiger partial charge in [-0.3, -0.25) is 4.79 Å². The minimum absolute atomic E-state index is 0.0420. The lowest BCUT2D eigenvalue weighted by atomic mass is 10.2. The summed E-state index contributed by atoms with van der Waals surface area (Å²) in [4.78, 5) is 12.2. The van der Waals surface area contributed by atoms with Crippen LogP contribution in [0.15, 0.2) is 41.5 Å². The van der Waals surface area contributed by atoms with Crippen LogP contribution in [0.5, 0.6) is 17.2 Å². The smallest absolute Gasteiger partial charge is 0.271 e. The SMILES string of the molecule is CCOc1ccc(C(=O)N/N=C/c2cc(I)c(OC(C)C)c(OC)c2)cc1. The maximum atomic E-state index is 12.2. The summed E-state index contributed by atoms with van der Waals surface area (Å²) in [7, 11) is 1.59. The van der Waals surface area contributed by atoms with Crippen LogP contribution < -0.4 is 19.6 Å². The van der Waals surface area contributed by atoms with E-state index >= 15 is 0 Å². The first-order chi connectivity index (χ1) is 12.9. The van der Waals surface area contributed by atoms with Gasteiger partial charge in [-0.2, -0.15) is 5.10 Å². The van der Waals surface area contributed by atoms with Crippen molar-refractivity contribution in [1.82, 2.24) is 5.43 Å². The Morgan fingerprint density at radius 2 is 1.96 bits per heavy atom. The van der Waals surface area contributed by atoms with E-state index in [0.717, 1.165) is 14.9 Å². The molecule has 0 aliphatic rings. The van der Waals surface area contributed by atoms with Crippen LogP contribution in [0.2, 0.25) is 0 Å². The predicted octanol–water partition coefficient (Wildman–Crippen LogP) is 4.25. The van der Waals surface area contributed by atoms with Crippen molar-refractivity contribution < 1.29 is 19.0 Å². The van der Waals surface area contributed by atoms with Crippen LogP contribution in [0.1, 0.15) is 36.7 Å². The number of hydrogen-bond donors (Lipinski definition) is 1. The number of ether oxygens (including phenoxy) is 3. The number of nitrogens with zero attached hydrogens (tertiary/aromatic N) is 1. The Hall–Kier alpha value is -2.29. The number of halogens is 1. The number of hydrogen-bond acceptors (Lipinski definition) is 5. The van der Waals surface area contributed by atoms with Crippen LogP contribution >= 0.6 is 22.6 Å². The fraction of sp³-hybridized carbons (Fsp3) is 0.300. The third-order valence-electron chi connectivity index (χ3n) is 3.41. The average Bonchev–Trinajstić information content (AvgIpc) is 2.64. The Kier molecular flexibility index (Phi) is 7.90. The third kappa shape index (κ3) is 6.13. The highest BCUT2D eigenvalue weighted by molar-refractivity contribution is 14.1. The second kappa shape index (κ2) is 10.1. The molecule has 2 aromatic rings. The zero-order chi connectivity index (χ0) is 19.8. The lowest BCUT2D eigenvalue weighted by molar-refractivity contribution is 0.0955. The molecule has 0 heterocycles. The van der Waals surface area contributed by atoms with Gasteiger partial charge in [-0.05, 0) is 85.3 Å². The van der Waals surface area contributed by atoms with Gasteiger partial charge in [-0.1, -0.05) is 0 Å². The number of hydrazone groups is 1. The summed E-state index contributed by atoms with van der Waals surface area (Å²) >= 11 is 2.19. The maximum absolute atomic E-state index is 12.2. The van der Waals surface area contributed by atoms with Crippen LogP contribution in [-0.2, 0) is 0 Å². The normalized spacial score (nSPS) is 10.9. The van der Waals surface area contributed by atoms with E-state index in [0.29, 0.717) is 23.7 Å². The Labute approximate surface area is 173 Å². The lowest BCUT2D eigenvalue weighted by Crippen LogP contribution is -2.17. The van der Waals surface area contributed by atoms with Gasteiger partial charge < -0.3 is 14.2 Å². The Morgan fingerprint density at radius 3 is 2.56 bits per heavy atom. The summed E-state index contributed by atoms with van der Waals surface area (Å²) in [6.45, 7) is 6.41. The second-order valence-electron chi connectivity index (χ2n) is 5.86. The summed E-state index contributed by atoms with van der Waals surface area (Å²) in [6.07, 6.45) is 1.61. The predicted molar refractivity (Wildman–Crippen MR) is 114 cm³/mol. The summed E-state index contributed by atoms with van der Waals surface area (Å²) in [5.74, 6) is 1.75. The van der Waals surface area contributed by atoms with E-state index in [4.69, 9.17) is 14.2 Å². The first-order valence-corrected chi connectivity index (χ1v) is 9.63. The number of methoxy groups -OCH3 is 1. The molecule has 0 fully saturated rings. The summed E-state index contributed by atoms with van der Waals surface area (Å²) in [5, 5.41) is 4.03. The van der Waals surface area contributed by atoms with Gasteiger partial charge in [0.05, 0.1) is 29.6 Å². The van der Waals surface area contributed by atoms with Gasteiger partial charge in [-0.25, -0.2) is 5.43 Å². The third-order valence-corrected chi connectivity index (χ3v) is 4.21. The highest BCUT2D eigenvalue weighted by Crippen LogP contribution is 2.34. The molecule has 0 atom stereocenters. The molecule has 0 saturated carbocycles. The number of rotatable bonds is 8. The molecule has 7 heteroatoms. The zero-order valence-corrected chi connectivity index (χ0v) is 17.9. The molecule has 0 aromatic heterocycles. The van der Waals surface area contributed by atoms with Crippen molar-refractivity contribution in [2.75, 3.05) is 13.7 Å². The lowest BCUT2D eigenvalue weighted by Gasteiger charge is -2.15. The molecule has 1 N–H and O–H groups in total. The molecule has 2 aromatic carbocycles. The molecule has 0 aliphatic heterocycles. The van der Waals surface area contributed by atoms with Crippen LogP contribution in [-0.4, -0.2) is 31.9 Å². The van der Waals surface area contributed by atoms with Gasteiger partial charge in [0.1, 0.15) is 5.75 Å². The van der Waals surface area contributed by atoms with E-state index in [1.807, 2.05) is 32.9 Å². The Morgan fingerprint density at radius 1 is 1.26 bits per heavy atom.